The summed E-state index contributed by atoms with van der Waals surface area (Å²) >= 11 is 0. The van der Waals surface area contributed by atoms with E-state index in [1.54, 1.807) is 4.80 Å². The lowest BCUT2D eigenvalue weighted by atomic mass is 10.1. The van der Waals surface area contributed by atoms with E-state index in [4.69, 9.17) is 9.52 Å². The van der Waals surface area contributed by atoms with Gasteiger partial charge in [0.2, 0.25) is 11.8 Å². The molecular formula is C26H17N5O. The first-order valence-electron chi connectivity index (χ1n) is 10.3. The fourth-order valence-corrected chi connectivity index (χ4v) is 3.65. The summed E-state index contributed by atoms with van der Waals surface area (Å²) in [5.41, 5.74) is 4.52. The van der Waals surface area contributed by atoms with Gasteiger partial charge in [-0.25, -0.2) is 0 Å². The van der Waals surface area contributed by atoms with E-state index in [1.807, 2.05) is 84.9 Å². The highest BCUT2D eigenvalue weighted by Crippen LogP contribution is 2.24. The third-order valence-electron chi connectivity index (χ3n) is 5.28. The average Bonchev–Trinajstić information content (AvgIpc) is 3.51. The van der Waals surface area contributed by atoms with Gasteiger partial charge in [-0.3, -0.25) is 0 Å². The predicted octanol–water partition coefficient (Wildman–Crippen LogP) is 5.79. The van der Waals surface area contributed by atoms with Gasteiger partial charge >= 0.3 is 0 Å². The Hall–Kier alpha value is -4.58. The minimum atomic E-state index is 0.458. The highest BCUT2D eigenvalue weighted by atomic mass is 16.4. The molecule has 6 rings (SSSR count). The van der Waals surface area contributed by atoms with Crippen molar-refractivity contribution < 1.29 is 4.42 Å². The molecule has 0 unspecified atom stereocenters. The molecule has 0 amide bonds. The quantitative estimate of drug-likeness (QED) is 0.364. The maximum Gasteiger partial charge on any atom is 0.248 e. The van der Waals surface area contributed by atoms with Gasteiger partial charge in [-0.05, 0) is 47.4 Å². The van der Waals surface area contributed by atoms with Crippen molar-refractivity contribution in [3.8, 4) is 17.1 Å². The van der Waals surface area contributed by atoms with Gasteiger partial charge in [-0.15, -0.1) is 20.4 Å². The fourth-order valence-electron chi connectivity index (χ4n) is 3.65. The number of hydrogen-bond donors (Lipinski definition) is 0. The lowest BCUT2D eigenvalue weighted by Gasteiger charge is -2.00. The molecule has 4 aromatic carbocycles. The molecule has 0 saturated heterocycles. The van der Waals surface area contributed by atoms with Crippen LogP contribution < -0.4 is 0 Å². The Morgan fingerprint density at radius 1 is 0.688 bits per heavy atom. The van der Waals surface area contributed by atoms with E-state index < -0.39 is 0 Å². The van der Waals surface area contributed by atoms with E-state index in [2.05, 4.69) is 33.5 Å². The molecular weight excluding hydrogens is 398 g/mol. The van der Waals surface area contributed by atoms with Crippen LogP contribution in [0.15, 0.2) is 95.4 Å². The summed E-state index contributed by atoms with van der Waals surface area (Å²) in [6, 6.07) is 30.0. The number of benzene rings is 4. The van der Waals surface area contributed by atoms with Crippen LogP contribution in [-0.4, -0.2) is 25.2 Å². The SMILES string of the molecule is C(=C\c1nnc(-c2ccc(-n3nc4ccc5ccccc5c4n3)cc2)o1)/c1ccccc1. The van der Waals surface area contributed by atoms with Gasteiger partial charge in [-0.2, -0.15) is 4.80 Å². The molecule has 0 aliphatic carbocycles. The number of rotatable bonds is 4. The summed E-state index contributed by atoms with van der Waals surface area (Å²) in [6.07, 6.45) is 3.75. The van der Waals surface area contributed by atoms with Crippen molar-refractivity contribution in [2.75, 3.05) is 0 Å². The van der Waals surface area contributed by atoms with E-state index >= 15 is 0 Å². The van der Waals surface area contributed by atoms with Crippen LogP contribution in [-0.2, 0) is 0 Å². The maximum atomic E-state index is 5.79. The molecule has 0 N–H and O–H groups in total. The van der Waals surface area contributed by atoms with Crippen LogP contribution in [0, 0.1) is 0 Å². The summed E-state index contributed by atoms with van der Waals surface area (Å²) in [4.78, 5) is 1.66. The molecule has 6 heteroatoms. The molecule has 0 atom stereocenters. The Morgan fingerprint density at radius 3 is 2.38 bits per heavy atom. The van der Waals surface area contributed by atoms with E-state index in [9.17, 15) is 0 Å². The molecule has 6 nitrogen and oxygen atoms in total. The summed E-state index contributed by atoms with van der Waals surface area (Å²) in [5, 5.41) is 19.9. The zero-order valence-electron chi connectivity index (χ0n) is 17.0. The second-order valence-electron chi connectivity index (χ2n) is 7.38. The van der Waals surface area contributed by atoms with E-state index in [-0.39, 0.29) is 0 Å². The molecule has 0 bridgehead atoms. The first-order valence-corrected chi connectivity index (χ1v) is 10.3. The fraction of sp³-hybridized carbons (Fsp3) is 0. The Labute approximate surface area is 183 Å². The lowest BCUT2D eigenvalue weighted by molar-refractivity contribution is 0.558. The first-order chi connectivity index (χ1) is 15.8. The maximum absolute atomic E-state index is 5.79. The highest BCUT2D eigenvalue weighted by Gasteiger charge is 2.10. The normalized spacial score (nSPS) is 11.6. The minimum absolute atomic E-state index is 0.458. The van der Waals surface area contributed by atoms with Gasteiger partial charge in [0.25, 0.3) is 0 Å². The third-order valence-corrected chi connectivity index (χ3v) is 5.28. The van der Waals surface area contributed by atoms with Gasteiger partial charge < -0.3 is 4.42 Å². The van der Waals surface area contributed by atoms with Crippen LogP contribution in [0.2, 0.25) is 0 Å². The van der Waals surface area contributed by atoms with Crippen LogP contribution in [0.3, 0.4) is 0 Å². The monoisotopic (exact) mass is 415 g/mol. The van der Waals surface area contributed by atoms with Crippen molar-refractivity contribution in [3.63, 3.8) is 0 Å². The van der Waals surface area contributed by atoms with E-state index in [0.29, 0.717) is 11.8 Å². The Bertz CT molecular complexity index is 1560. The van der Waals surface area contributed by atoms with Crippen molar-refractivity contribution in [2.24, 2.45) is 0 Å². The highest BCUT2D eigenvalue weighted by molar-refractivity contribution is 6.03. The number of nitrogens with zero attached hydrogens (tertiary/aromatic N) is 5. The predicted molar refractivity (Wildman–Crippen MR) is 125 cm³/mol. The lowest BCUT2D eigenvalue weighted by Crippen LogP contribution is -1.98. The van der Waals surface area contributed by atoms with Crippen LogP contribution >= 0.6 is 0 Å². The van der Waals surface area contributed by atoms with Crippen molar-refractivity contribution in [3.05, 3.63) is 102 Å². The van der Waals surface area contributed by atoms with Gasteiger partial charge in [-0.1, -0.05) is 60.7 Å². The van der Waals surface area contributed by atoms with Crippen molar-refractivity contribution in [1.82, 2.24) is 25.2 Å². The Kier molecular flexibility index (Phi) is 4.32. The summed E-state index contributed by atoms with van der Waals surface area (Å²) in [5.74, 6) is 0.925. The largest absolute Gasteiger partial charge is 0.417 e. The smallest absolute Gasteiger partial charge is 0.248 e. The zero-order chi connectivity index (χ0) is 21.3. The molecule has 0 fully saturated rings. The number of aromatic nitrogens is 5. The molecule has 0 spiro atoms. The number of hydrogen-bond acceptors (Lipinski definition) is 5. The molecule has 0 aliphatic rings. The molecule has 0 aliphatic heterocycles. The van der Waals surface area contributed by atoms with Gasteiger partial charge in [0.15, 0.2) is 0 Å². The standard InChI is InChI=1S/C26H17N5O/c1-2-6-18(7-3-1)10-17-24-27-28-26(32-24)20-11-14-21(15-12-20)31-29-23-16-13-19-8-4-5-9-22(19)25(23)30-31/h1-17H/b17-10+. The zero-order valence-corrected chi connectivity index (χ0v) is 17.0. The van der Waals surface area contributed by atoms with Crippen LogP contribution in [0.25, 0.3) is 51.1 Å². The van der Waals surface area contributed by atoms with E-state index in [0.717, 1.165) is 38.6 Å². The third kappa shape index (κ3) is 3.33. The van der Waals surface area contributed by atoms with Gasteiger partial charge in [0.05, 0.1) is 5.69 Å². The van der Waals surface area contributed by atoms with Gasteiger partial charge in [0.1, 0.15) is 11.0 Å². The summed E-state index contributed by atoms with van der Waals surface area (Å²) in [6.45, 7) is 0. The van der Waals surface area contributed by atoms with E-state index in [1.165, 1.54) is 0 Å². The Balaban J connectivity index is 1.27. The first kappa shape index (κ1) is 18.2. The summed E-state index contributed by atoms with van der Waals surface area (Å²) in [7, 11) is 0. The molecule has 32 heavy (non-hydrogen) atoms. The van der Waals surface area contributed by atoms with Crippen molar-refractivity contribution >= 4 is 34.0 Å². The van der Waals surface area contributed by atoms with Crippen molar-refractivity contribution in [1.29, 1.82) is 0 Å². The second kappa shape index (κ2) is 7.59. The molecule has 0 radical (unpaired) electrons. The number of fused-ring (bicyclic) bond motifs is 3. The molecule has 2 aromatic heterocycles. The van der Waals surface area contributed by atoms with Crippen molar-refractivity contribution in [2.45, 2.75) is 0 Å². The average molecular weight is 415 g/mol. The molecule has 152 valence electrons. The molecule has 2 heterocycles. The molecule has 6 aromatic rings. The second-order valence-corrected chi connectivity index (χ2v) is 7.38. The Morgan fingerprint density at radius 2 is 1.50 bits per heavy atom. The summed E-state index contributed by atoms with van der Waals surface area (Å²) < 4.78 is 5.79. The van der Waals surface area contributed by atoms with Gasteiger partial charge in [0, 0.05) is 17.0 Å². The van der Waals surface area contributed by atoms with Crippen LogP contribution in [0.1, 0.15) is 11.5 Å². The van der Waals surface area contributed by atoms with Crippen LogP contribution in [0.5, 0.6) is 0 Å². The van der Waals surface area contributed by atoms with Crippen LogP contribution in [0.4, 0.5) is 0 Å². The minimum Gasteiger partial charge on any atom is -0.417 e. The molecule has 0 saturated carbocycles. The topological polar surface area (TPSA) is 69.6 Å².